The molecule has 2 aromatic rings. The summed E-state index contributed by atoms with van der Waals surface area (Å²) in [5.41, 5.74) is 2.22. The number of halogens is 1. The molecule has 0 heterocycles. The van der Waals surface area contributed by atoms with Crippen LogP contribution in [-0.4, -0.2) is 13.2 Å². The van der Waals surface area contributed by atoms with Crippen molar-refractivity contribution in [3.63, 3.8) is 0 Å². The molecular formula is C17H20FNO. The first-order chi connectivity index (χ1) is 9.67. The summed E-state index contributed by atoms with van der Waals surface area (Å²) in [5.74, 6) is 0.686. The molecule has 1 N–H and O–H groups in total. The van der Waals surface area contributed by atoms with Crippen LogP contribution in [0.25, 0.3) is 0 Å². The average Bonchev–Trinajstić information content (AvgIpc) is 2.46. The maximum Gasteiger partial charge on any atom is 0.123 e. The highest BCUT2D eigenvalue weighted by molar-refractivity contribution is 5.27. The Kier molecular flexibility index (Phi) is 5.13. The van der Waals surface area contributed by atoms with Crippen molar-refractivity contribution in [1.82, 2.24) is 5.32 Å². The van der Waals surface area contributed by atoms with Crippen molar-refractivity contribution in [1.29, 1.82) is 0 Å². The standard InChI is InChI=1S/C17H20FNO/c1-13(10-15-4-3-5-16(18)11-15)19-12-14-6-8-17(20-2)9-7-14/h3-9,11,13,19H,10,12H2,1-2H3. The van der Waals surface area contributed by atoms with E-state index in [0.717, 1.165) is 24.3 Å². The fraction of sp³-hybridized carbons (Fsp3) is 0.294. The zero-order valence-electron chi connectivity index (χ0n) is 11.9. The number of methoxy groups -OCH3 is 1. The molecule has 0 fully saturated rings. The first-order valence-corrected chi connectivity index (χ1v) is 6.78. The zero-order chi connectivity index (χ0) is 14.4. The van der Waals surface area contributed by atoms with E-state index in [1.165, 1.54) is 11.6 Å². The van der Waals surface area contributed by atoms with Crippen LogP contribution in [0.5, 0.6) is 5.75 Å². The predicted octanol–water partition coefficient (Wildman–Crippen LogP) is 3.56. The fourth-order valence-electron chi connectivity index (χ4n) is 2.13. The molecule has 0 amide bonds. The Morgan fingerprint density at radius 2 is 1.85 bits per heavy atom. The van der Waals surface area contributed by atoms with Gasteiger partial charge in [-0.3, -0.25) is 0 Å². The molecule has 1 unspecified atom stereocenters. The molecular weight excluding hydrogens is 253 g/mol. The molecule has 2 rings (SSSR count). The summed E-state index contributed by atoms with van der Waals surface area (Å²) < 4.78 is 18.2. The Morgan fingerprint density at radius 1 is 1.10 bits per heavy atom. The number of nitrogens with one attached hydrogen (secondary N) is 1. The maximum absolute atomic E-state index is 13.1. The van der Waals surface area contributed by atoms with Crippen LogP contribution in [0.3, 0.4) is 0 Å². The Labute approximate surface area is 119 Å². The van der Waals surface area contributed by atoms with Crippen LogP contribution in [-0.2, 0) is 13.0 Å². The van der Waals surface area contributed by atoms with E-state index in [9.17, 15) is 4.39 Å². The number of rotatable bonds is 6. The van der Waals surface area contributed by atoms with Crippen molar-refractivity contribution in [3.8, 4) is 5.75 Å². The summed E-state index contributed by atoms with van der Waals surface area (Å²) in [6, 6.07) is 15.0. The number of hydrogen-bond acceptors (Lipinski definition) is 2. The third-order valence-electron chi connectivity index (χ3n) is 3.24. The second-order valence-electron chi connectivity index (χ2n) is 4.96. The van der Waals surface area contributed by atoms with E-state index in [0.29, 0.717) is 6.04 Å². The van der Waals surface area contributed by atoms with Gasteiger partial charge in [0.2, 0.25) is 0 Å². The van der Waals surface area contributed by atoms with Gasteiger partial charge in [-0.25, -0.2) is 4.39 Å². The van der Waals surface area contributed by atoms with Gasteiger partial charge in [0, 0.05) is 12.6 Å². The van der Waals surface area contributed by atoms with E-state index in [1.54, 1.807) is 19.2 Å². The van der Waals surface area contributed by atoms with Gasteiger partial charge >= 0.3 is 0 Å². The molecule has 106 valence electrons. The fourth-order valence-corrected chi connectivity index (χ4v) is 2.13. The normalized spacial score (nSPS) is 12.2. The topological polar surface area (TPSA) is 21.3 Å². The molecule has 0 aliphatic heterocycles. The van der Waals surface area contributed by atoms with Gasteiger partial charge in [0.05, 0.1) is 7.11 Å². The van der Waals surface area contributed by atoms with Crippen LogP contribution in [0.1, 0.15) is 18.1 Å². The lowest BCUT2D eigenvalue weighted by atomic mass is 10.1. The number of hydrogen-bond donors (Lipinski definition) is 1. The van der Waals surface area contributed by atoms with Crippen LogP contribution < -0.4 is 10.1 Å². The molecule has 0 aromatic heterocycles. The quantitative estimate of drug-likeness (QED) is 0.869. The lowest BCUT2D eigenvalue weighted by Gasteiger charge is -2.14. The molecule has 3 heteroatoms. The van der Waals surface area contributed by atoms with Gasteiger partial charge < -0.3 is 10.1 Å². The van der Waals surface area contributed by atoms with Gasteiger partial charge in [0.15, 0.2) is 0 Å². The van der Waals surface area contributed by atoms with Gasteiger partial charge in [-0.15, -0.1) is 0 Å². The summed E-state index contributed by atoms with van der Waals surface area (Å²) in [6.45, 7) is 2.90. The molecule has 1 atom stereocenters. The van der Waals surface area contributed by atoms with Crippen molar-refractivity contribution in [2.24, 2.45) is 0 Å². The van der Waals surface area contributed by atoms with Crippen molar-refractivity contribution >= 4 is 0 Å². The summed E-state index contributed by atoms with van der Waals surface area (Å²) in [5, 5.41) is 3.44. The Balaban J connectivity index is 1.83. The summed E-state index contributed by atoms with van der Waals surface area (Å²) in [4.78, 5) is 0. The SMILES string of the molecule is COc1ccc(CNC(C)Cc2cccc(F)c2)cc1. The Hall–Kier alpha value is -1.87. The van der Waals surface area contributed by atoms with Crippen molar-refractivity contribution in [3.05, 3.63) is 65.5 Å². The van der Waals surface area contributed by atoms with Crippen LogP contribution in [0.2, 0.25) is 0 Å². The van der Waals surface area contributed by atoms with Gasteiger partial charge in [0.25, 0.3) is 0 Å². The molecule has 0 spiro atoms. The van der Waals surface area contributed by atoms with Crippen molar-refractivity contribution in [2.75, 3.05) is 7.11 Å². The minimum absolute atomic E-state index is 0.176. The Morgan fingerprint density at radius 3 is 2.50 bits per heavy atom. The maximum atomic E-state index is 13.1. The van der Waals surface area contributed by atoms with Gasteiger partial charge in [-0.1, -0.05) is 24.3 Å². The number of benzene rings is 2. The van der Waals surface area contributed by atoms with Crippen molar-refractivity contribution in [2.45, 2.75) is 25.9 Å². The molecule has 20 heavy (non-hydrogen) atoms. The highest BCUT2D eigenvalue weighted by Crippen LogP contribution is 2.12. The second kappa shape index (κ2) is 7.06. The van der Waals surface area contributed by atoms with Crippen LogP contribution in [0, 0.1) is 5.82 Å². The number of ether oxygens (including phenoxy) is 1. The van der Waals surface area contributed by atoms with E-state index < -0.39 is 0 Å². The van der Waals surface area contributed by atoms with Gasteiger partial charge in [0.1, 0.15) is 11.6 Å². The minimum Gasteiger partial charge on any atom is -0.497 e. The molecule has 0 bridgehead atoms. The van der Waals surface area contributed by atoms with Crippen molar-refractivity contribution < 1.29 is 9.13 Å². The monoisotopic (exact) mass is 273 g/mol. The first kappa shape index (κ1) is 14.5. The van der Waals surface area contributed by atoms with E-state index in [1.807, 2.05) is 30.3 Å². The summed E-state index contributed by atoms with van der Waals surface area (Å²) in [7, 11) is 1.66. The van der Waals surface area contributed by atoms with Gasteiger partial charge in [-0.2, -0.15) is 0 Å². The Bertz CT molecular complexity index is 539. The van der Waals surface area contributed by atoms with Gasteiger partial charge in [-0.05, 0) is 48.7 Å². The predicted molar refractivity (Wildman–Crippen MR) is 79.4 cm³/mol. The van der Waals surface area contributed by atoms with Crippen LogP contribution in [0.15, 0.2) is 48.5 Å². The molecule has 2 aromatic carbocycles. The lowest BCUT2D eigenvalue weighted by Crippen LogP contribution is -2.27. The van der Waals surface area contributed by atoms with E-state index in [4.69, 9.17) is 4.74 Å². The minimum atomic E-state index is -0.176. The molecule has 0 aliphatic carbocycles. The summed E-state index contributed by atoms with van der Waals surface area (Å²) >= 11 is 0. The third-order valence-corrected chi connectivity index (χ3v) is 3.24. The molecule has 0 saturated heterocycles. The summed E-state index contributed by atoms with van der Waals surface area (Å²) in [6.07, 6.45) is 0.813. The zero-order valence-corrected chi connectivity index (χ0v) is 11.9. The molecule has 0 radical (unpaired) electrons. The largest absolute Gasteiger partial charge is 0.497 e. The molecule has 0 saturated carbocycles. The molecule has 2 nitrogen and oxygen atoms in total. The van der Waals surface area contributed by atoms with E-state index >= 15 is 0 Å². The van der Waals surface area contributed by atoms with E-state index in [2.05, 4.69) is 12.2 Å². The van der Waals surface area contributed by atoms with Crippen LogP contribution in [0.4, 0.5) is 4.39 Å². The first-order valence-electron chi connectivity index (χ1n) is 6.78. The average molecular weight is 273 g/mol. The van der Waals surface area contributed by atoms with Crippen LogP contribution >= 0.6 is 0 Å². The third kappa shape index (κ3) is 4.35. The second-order valence-corrected chi connectivity index (χ2v) is 4.96. The van der Waals surface area contributed by atoms with E-state index in [-0.39, 0.29) is 5.82 Å². The highest BCUT2D eigenvalue weighted by atomic mass is 19.1. The lowest BCUT2D eigenvalue weighted by molar-refractivity contribution is 0.414. The smallest absolute Gasteiger partial charge is 0.123 e. The highest BCUT2D eigenvalue weighted by Gasteiger charge is 2.04. The molecule has 0 aliphatic rings.